The highest BCUT2D eigenvalue weighted by Gasteiger charge is 2.68. The minimum Gasteiger partial charge on any atom is -0.468 e. The standard InChI is InChI=1S/C26H36O6/c1-25-12-10-18-20(22-21(32-22)19-13-15(27)9-11-26(18,19)2)17(25)8-6-14(25)5-7-16(23(28)30-3)24(29)31-4/h13-14,16-18,20-22H,5-12H2,1-4H3/t14?,17?,18?,20?,21-,22+,25+,26+/m0/s1. The molecule has 0 amide bonds. The first kappa shape index (κ1) is 22.1. The third-order valence-corrected chi connectivity index (χ3v) is 10.2. The number of carbonyl (C=O) groups excluding carboxylic acids is 3. The van der Waals surface area contributed by atoms with Crippen molar-refractivity contribution in [2.45, 2.75) is 77.4 Å². The van der Waals surface area contributed by atoms with Crippen molar-refractivity contribution in [1.82, 2.24) is 0 Å². The summed E-state index contributed by atoms with van der Waals surface area (Å²) < 4.78 is 16.0. The average Bonchev–Trinajstić information content (AvgIpc) is 3.50. The minimum absolute atomic E-state index is 0.0938. The summed E-state index contributed by atoms with van der Waals surface area (Å²) >= 11 is 0. The predicted molar refractivity (Wildman–Crippen MR) is 116 cm³/mol. The molecule has 4 fully saturated rings. The van der Waals surface area contributed by atoms with E-state index in [0.717, 1.165) is 19.3 Å². The number of fused-ring (bicyclic) bond motifs is 8. The first-order chi connectivity index (χ1) is 15.2. The lowest BCUT2D eigenvalue weighted by Gasteiger charge is -2.56. The van der Waals surface area contributed by atoms with Gasteiger partial charge in [-0.3, -0.25) is 14.4 Å². The average molecular weight is 445 g/mol. The second-order valence-corrected chi connectivity index (χ2v) is 11.3. The van der Waals surface area contributed by atoms with Crippen LogP contribution in [0.2, 0.25) is 0 Å². The summed E-state index contributed by atoms with van der Waals surface area (Å²) in [5, 5.41) is 0. The van der Waals surface area contributed by atoms with Gasteiger partial charge in [0.25, 0.3) is 0 Å². The van der Waals surface area contributed by atoms with Gasteiger partial charge in [0.1, 0.15) is 6.10 Å². The van der Waals surface area contributed by atoms with Gasteiger partial charge in [-0.25, -0.2) is 0 Å². The van der Waals surface area contributed by atoms with E-state index in [2.05, 4.69) is 13.8 Å². The Morgan fingerprint density at radius 2 is 1.81 bits per heavy atom. The van der Waals surface area contributed by atoms with Crippen LogP contribution >= 0.6 is 0 Å². The molecule has 0 aromatic carbocycles. The van der Waals surface area contributed by atoms with E-state index in [1.807, 2.05) is 6.08 Å². The Balaban J connectivity index is 1.34. The molecule has 0 aromatic heterocycles. The van der Waals surface area contributed by atoms with E-state index in [9.17, 15) is 14.4 Å². The van der Waals surface area contributed by atoms with Crippen LogP contribution in [0.15, 0.2) is 11.6 Å². The first-order valence-corrected chi connectivity index (χ1v) is 12.3. The minimum atomic E-state index is -0.832. The first-order valence-electron chi connectivity index (χ1n) is 12.3. The van der Waals surface area contributed by atoms with E-state index in [1.54, 1.807) is 0 Å². The summed E-state index contributed by atoms with van der Waals surface area (Å²) in [6, 6.07) is 0. The van der Waals surface area contributed by atoms with Crippen molar-refractivity contribution < 1.29 is 28.6 Å². The Hall–Kier alpha value is -1.69. The number of epoxide rings is 1. The third kappa shape index (κ3) is 3.12. The van der Waals surface area contributed by atoms with Crippen molar-refractivity contribution in [3.8, 4) is 0 Å². The Labute approximate surface area is 190 Å². The molecular weight excluding hydrogens is 408 g/mol. The van der Waals surface area contributed by atoms with Gasteiger partial charge in [0.2, 0.25) is 0 Å². The highest BCUT2D eigenvalue weighted by Crippen LogP contribution is 2.70. The van der Waals surface area contributed by atoms with Gasteiger partial charge in [-0.1, -0.05) is 13.8 Å². The maximum absolute atomic E-state index is 12.1. The SMILES string of the molecule is COC(=O)C(CCC1CCC2C3C(CC[C@]12C)[C@@]1(C)CCC(=O)C=C1[C@@H]1O[C@H]31)C(=O)OC. The van der Waals surface area contributed by atoms with Crippen molar-refractivity contribution in [3.63, 3.8) is 0 Å². The molecule has 176 valence electrons. The van der Waals surface area contributed by atoms with Crippen LogP contribution in [0.25, 0.3) is 0 Å². The molecule has 0 aromatic rings. The zero-order chi connectivity index (χ0) is 22.8. The molecule has 5 aliphatic rings. The molecule has 4 unspecified atom stereocenters. The zero-order valence-corrected chi connectivity index (χ0v) is 19.7. The van der Waals surface area contributed by atoms with E-state index in [4.69, 9.17) is 14.2 Å². The third-order valence-electron chi connectivity index (χ3n) is 10.2. The molecule has 0 bridgehead atoms. The van der Waals surface area contributed by atoms with Gasteiger partial charge in [0.05, 0.1) is 20.3 Å². The van der Waals surface area contributed by atoms with Crippen LogP contribution in [0.3, 0.4) is 0 Å². The maximum atomic E-state index is 12.1. The Morgan fingerprint density at radius 1 is 1.09 bits per heavy atom. The highest BCUT2D eigenvalue weighted by molar-refractivity contribution is 5.94. The van der Waals surface area contributed by atoms with Crippen LogP contribution < -0.4 is 0 Å². The molecule has 1 heterocycles. The molecule has 32 heavy (non-hydrogen) atoms. The quantitative estimate of drug-likeness (QED) is 0.364. The van der Waals surface area contributed by atoms with Gasteiger partial charge < -0.3 is 14.2 Å². The second kappa shape index (κ2) is 7.68. The summed E-state index contributed by atoms with van der Waals surface area (Å²) in [5.74, 6) is 0.656. The number of hydrogen-bond acceptors (Lipinski definition) is 6. The van der Waals surface area contributed by atoms with Crippen LogP contribution in [0.1, 0.15) is 65.2 Å². The number of hydrogen-bond donors (Lipinski definition) is 0. The fourth-order valence-corrected chi connectivity index (χ4v) is 8.37. The number of rotatable bonds is 5. The number of methoxy groups -OCH3 is 2. The summed E-state index contributed by atoms with van der Waals surface area (Å²) in [4.78, 5) is 36.4. The molecule has 1 saturated heterocycles. The van der Waals surface area contributed by atoms with E-state index in [0.29, 0.717) is 36.5 Å². The van der Waals surface area contributed by atoms with Gasteiger partial charge >= 0.3 is 11.9 Å². The Bertz CT molecular complexity index is 846. The summed E-state index contributed by atoms with van der Waals surface area (Å²) in [6.45, 7) is 4.82. The Kier molecular flexibility index (Phi) is 5.31. The van der Waals surface area contributed by atoms with Gasteiger partial charge in [-0.2, -0.15) is 0 Å². The van der Waals surface area contributed by atoms with Gasteiger partial charge in [0, 0.05) is 6.42 Å². The highest BCUT2D eigenvalue weighted by atomic mass is 16.6. The zero-order valence-electron chi connectivity index (χ0n) is 19.7. The summed E-state index contributed by atoms with van der Waals surface area (Å²) in [7, 11) is 2.65. The normalized spacial score (nSPS) is 44.0. The number of ether oxygens (including phenoxy) is 3. The van der Waals surface area contributed by atoms with Crippen LogP contribution in [-0.4, -0.2) is 44.1 Å². The van der Waals surface area contributed by atoms with Gasteiger partial charge in [0.15, 0.2) is 11.7 Å². The summed E-state index contributed by atoms with van der Waals surface area (Å²) in [6.07, 6.45) is 9.92. The molecule has 6 nitrogen and oxygen atoms in total. The molecule has 0 radical (unpaired) electrons. The molecule has 1 aliphatic heterocycles. The Morgan fingerprint density at radius 3 is 2.50 bits per heavy atom. The monoisotopic (exact) mass is 444 g/mol. The van der Waals surface area contributed by atoms with Crippen molar-refractivity contribution in [2.75, 3.05) is 14.2 Å². The fourth-order valence-electron chi connectivity index (χ4n) is 8.37. The number of ketones is 1. The van der Waals surface area contributed by atoms with E-state index >= 15 is 0 Å². The molecular formula is C26H36O6. The van der Waals surface area contributed by atoms with Crippen LogP contribution in [-0.2, 0) is 28.6 Å². The van der Waals surface area contributed by atoms with Crippen molar-refractivity contribution in [1.29, 1.82) is 0 Å². The lowest BCUT2D eigenvalue weighted by atomic mass is 9.46. The molecule has 0 N–H and O–H groups in total. The molecule has 8 atom stereocenters. The molecule has 6 heteroatoms. The largest absolute Gasteiger partial charge is 0.468 e. The lowest BCUT2D eigenvalue weighted by Crippen LogP contribution is -2.53. The number of carbonyl (C=O) groups is 3. The maximum Gasteiger partial charge on any atom is 0.320 e. The van der Waals surface area contributed by atoms with Crippen molar-refractivity contribution >= 4 is 17.7 Å². The lowest BCUT2D eigenvalue weighted by molar-refractivity contribution is -0.159. The van der Waals surface area contributed by atoms with E-state index < -0.39 is 17.9 Å². The van der Waals surface area contributed by atoms with Crippen LogP contribution in [0, 0.1) is 40.4 Å². The smallest absolute Gasteiger partial charge is 0.320 e. The van der Waals surface area contributed by atoms with Crippen molar-refractivity contribution in [3.05, 3.63) is 11.6 Å². The van der Waals surface area contributed by atoms with Crippen molar-refractivity contribution in [2.24, 2.45) is 40.4 Å². The molecule has 4 aliphatic carbocycles. The van der Waals surface area contributed by atoms with Crippen LogP contribution in [0.4, 0.5) is 0 Å². The molecule has 3 saturated carbocycles. The fraction of sp³-hybridized carbons (Fsp3) is 0.808. The van der Waals surface area contributed by atoms with Crippen LogP contribution in [0.5, 0.6) is 0 Å². The number of esters is 2. The summed E-state index contributed by atoms with van der Waals surface area (Å²) in [5.41, 5.74) is 1.57. The van der Waals surface area contributed by atoms with Gasteiger partial charge in [-0.15, -0.1) is 0 Å². The van der Waals surface area contributed by atoms with Gasteiger partial charge in [-0.05, 0) is 91.1 Å². The predicted octanol–water partition coefficient (Wildman–Crippen LogP) is 3.86. The molecule has 5 rings (SSSR count). The topological polar surface area (TPSA) is 82.2 Å². The van der Waals surface area contributed by atoms with E-state index in [-0.39, 0.29) is 28.8 Å². The van der Waals surface area contributed by atoms with E-state index in [1.165, 1.54) is 39.1 Å². The second-order valence-electron chi connectivity index (χ2n) is 11.3. The molecule has 0 spiro atoms.